The van der Waals surface area contributed by atoms with Crippen molar-refractivity contribution in [3.8, 4) is 23.0 Å². The maximum atomic E-state index is 11.5. The highest BCUT2D eigenvalue weighted by atomic mass is 16.5. The van der Waals surface area contributed by atoms with Gasteiger partial charge in [0.05, 0.1) is 34.1 Å². The highest BCUT2D eigenvalue weighted by Gasteiger charge is 2.20. The highest BCUT2D eigenvalue weighted by molar-refractivity contribution is 6.20. The molecule has 8 heteroatoms. The van der Waals surface area contributed by atoms with Crippen LogP contribution >= 0.6 is 0 Å². The Labute approximate surface area is 149 Å². The minimum Gasteiger partial charge on any atom is -0.493 e. The molecule has 3 rings (SSSR count). The third kappa shape index (κ3) is 2.51. The van der Waals surface area contributed by atoms with E-state index in [2.05, 4.69) is 10.7 Å². The van der Waals surface area contributed by atoms with Gasteiger partial charge in [-0.15, -0.1) is 4.91 Å². The quantitative estimate of drug-likeness (QED) is 0.386. The average molecular weight is 358 g/mol. The van der Waals surface area contributed by atoms with Gasteiger partial charge in [-0.3, -0.25) is 10.7 Å². The zero-order valence-electron chi connectivity index (χ0n) is 14.7. The van der Waals surface area contributed by atoms with Crippen molar-refractivity contribution in [2.75, 3.05) is 33.9 Å². The molecule has 0 aliphatic rings. The summed E-state index contributed by atoms with van der Waals surface area (Å²) in [6.45, 7) is 0. The number of ether oxygens (including phenoxy) is 4. The average Bonchev–Trinajstić information content (AvgIpc) is 2.70. The van der Waals surface area contributed by atoms with E-state index in [0.29, 0.717) is 44.5 Å². The normalized spacial score (nSPS) is 10.7. The Balaban J connectivity index is 2.59. The summed E-state index contributed by atoms with van der Waals surface area (Å²) in [5, 5.41) is 15.2. The van der Waals surface area contributed by atoms with Gasteiger partial charge in [-0.25, -0.2) is 0 Å². The molecule has 0 spiro atoms. The SMILES string of the molecule is COc1cc2c(N=O)c(NO)c3cc(OC)c(OC)cc3c2cc1OC. The fourth-order valence-electron chi connectivity index (χ4n) is 3.08. The van der Waals surface area contributed by atoms with Crippen molar-refractivity contribution in [1.82, 2.24) is 0 Å². The summed E-state index contributed by atoms with van der Waals surface area (Å²) in [7, 11) is 6.06. The molecule has 26 heavy (non-hydrogen) atoms. The maximum absolute atomic E-state index is 11.5. The molecule has 0 aliphatic carbocycles. The Kier molecular flexibility index (Phi) is 4.68. The summed E-state index contributed by atoms with van der Waals surface area (Å²) < 4.78 is 21.4. The highest BCUT2D eigenvalue weighted by Crippen LogP contribution is 2.48. The van der Waals surface area contributed by atoms with Gasteiger partial charge in [0.1, 0.15) is 5.69 Å². The van der Waals surface area contributed by atoms with E-state index in [1.54, 1.807) is 24.3 Å². The van der Waals surface area contributed by atoms with Gasteiger partial charge in [-0.05, 0) is 40.2 Å². The van der Waals surface area contributed by atoms with Crippen LogP contribution in [0.3, 0.4) is 0 Å². The van der Waals surface area contributed by atoms with Crippen LogP contribution in [0, 0.1) is 4.91 Å². The molecule has 0 radical (unpaired) electrons. The lowest BCUT2D eigenvalue weighted by atomic mass is 9.97. The standard InChI is InChI=1S/C18H18N2O6/c1-23-13-5-9-10-6-14(24-2)16(26-4)8-12(10)18(20-22)17(19-21)11(9)7-15(13)25-3/h5-8,19,21H,1-4H3. The van der Waals surface area contributed by atoms with Crippen molar-refractivity contribution in [1.29, 1.82) is 0 Å². The largest absolute Gasteiger partial charge is 0.493 e. The topological polar surface area (TPSA) is 98.6 Å². The number of nitroso groups, excluding NO2 is 1. The predicted molar refractivity (Wildman–Crippen MR) is 98.5 cm³/mol. The lowest BCUT2D eigenvalue weighted by molar-refractivity contribution is 0.355. The van der Waals surface area contributed by atoms with E-state index < -0.39 is 0 Å². The summed E-state index contributed by atoms with van der Waals surface area (Å²) in [4.78, 5) is 11.5. The van der Waals surface area contributed by atoms with Crippen molar-refractivity contribution in [3.05, 3.63) is 29.2 Å². The fraction of sp³-hybridized carbons (Fsp3) is 0.222. The molecule has 8 nitrogen and oxygen atoms in total. The van der Waals surface area contributed by atoms with Crippen LogP contribution in [0.5, 0.6) is 23.0 Å². The number of hydrogen-bond donors (Lipinski definition) is 2. The van der Waals surface area contributed by atoms with Crippen molar-refractivity contribution < 1.29 is 24.2 Å². The third-order valence-electron chi connectivity index (χ3n) is 4.30. The van der Waals surface area contributed by atoms with E-state index in [1.807, 2.05) is 0 Å². The van der Waals surface area contributed by atoms with Gasteiger partial charge < -0.3 is 18.9 Å². The number of rotatable bonds is 6. The number of methoxy groups -OCH3 is 4. The summed E-state index contributed by atoms with van der Waals surface area (Å²) >= 11 is 0. The van der Waals surface area contributed by atoms with Crippen LogP contribution in [0.25, 0.3) is 21.5 Å². The molecule has 0 aliphatic heterocycles. The van der Waals surface area contributed by atoms with Crippen molar-refractivity contribution in [2.24, 2.45) is 5.18 Å². The molecule has 0 unspecified atom stereocenters. The predicted octanol–water partition coefficient (Wildman–Crippen LogP) is 4.23. The molecular formula is C18H18N2O6. The first-order valence-corrected chi connectivity index (χ1v) is 7.64. The van der Waals surface area contributed by atoms with Gasteiger partial charge in [0.2, 0.25) is 0 Å². The number of benzene rings is 3. The van der Waals surface area contributed by atoms with Crippen LogP contribution < -0.4 is 24.4 Å². The van der Waals surface area contributed by atoms with Gasteiger partial charge >= 0.3 is 0 Å². The van der Waals surface area contributed by atoms with Crippen LogP contribution in [0.1, 0.15) is 0 Å². The number of anilines is 1. The minimum absolute atomic E-state index is 0.0446. The van der Waals surface area contributed by atoms with E-state index in [-0.39, 0.29) is 11.4 Å². The minimum atomic E-state index is 0.0446. The van der Waals surface area contributed by atoms with Gasteiger partial charge in [0.25, 0.3) is 0 Å². The molecule has 3 aromatic rings. The van der Waals surface area contributed by atoms with Gasteiger partial charge in [0.15, 0.2) is 23.0 Å². The van der Waals surface area contributed by atoms with E-state index >= 15 is 0 Å². The van der Waals surface area contributed by atoms with E-state index in [4.69, 9.17) is 18.9 Å². The lowest BCUT2D eigenvalue weighted by Crippen LogP contribution is -1.97. The third-order valence-corrected chi connectivity index (χ3v) is 4.30. The number of nitrogens with one attached hydrogen (secondary N) is 1. The molecular weight excluding hydrogens is 340 g/mol. The molecule has 0 bridgehead atoms. The first kappa shape index (κ1) is 17.6. The lowest BCUT2D eigenvalue weighted by Gasteiger charge is -2.17. The van der Waals surface area contributed by atoms with E-state index in [0.717, 1.165) is 0 Å². The Morgan fingerprint density at radius 1 is 0.731 bits per heavy atom. The second-order valence-corrected chi connectivity index (χ2v) is 5.43. The number of hydrogen-bond acceptors (Lipinski definition) is 8. The summed E-state index contributed by atoms with van der Waals surface area (Å²) in [5.74, 6) is 1.89. The van der Waals surface area contributed by atoms with Crippen LogP contribution in [-0.2, 0) is 0 Å². The fourth-order valence-corrected chi connectivity index (χ4v) is 3.08. The number of fused-ring (bicyclic) bond motifs is 3. The van der Waals surface area contributed by atoms with Crippen molar-refractivity contribution in [3.63, 3.8) is 0 Å². The molecule has 0 amide bonds. The van der Waals surface area contributed by atoms with Crippen molar-refractivity contribution >= 4 is 32.9 Å². The van der Waals surface area contributed by atoms with Gasteiger partial charge in [0, 0.05) is 10.8 Å². The first-order valence-electron chi connectivity index (χ1n) is 7.64. The van der Waals surface area contributed by atoms with Crippen molar-refractivity contribution in [2.45, 2.75) is 0 Å². The van der Waals surface area contributed by atoms with Crippen LogP contribution in [-0.4, -0.2) is 33.6 Å². The maximum Gasteiger partial charge on any atom is 0.161 e. The Bertz CT molecular complexity index is 1000. The molecule has 0 saturated carbocycles. The molecule has 0 atom stereocenters. The summed E-state index contributed by atoms with van der Waals surface area (Å²) in [6.07, 6.45) is 0. The molecule has 2 N–H and O–H groups in total. The monoisotopic (exact) mass is 358 g/mol. The Hall–Kier alpha value is -3.26. The molecule has 3 aromatic carbocycles. The number of nitrogens with zero attached hydrogens (tertiary/aromatic N) is 1. The zero-order chi connectivity index (χ0) is 18.8. The van der Waals surface area contributed by atoms with Crippen LogP contribution in [0.4, 0.5) is 11.4 Å². The Morgan fingerprint density at radius 2 is 1.12 bits per heavy atom. The van der Waals surface area contributed by atoms with E-state index in [9.17, 15) is 10.1 Å². The molecule has 0 fully saturated rings. The second kappa shape index (κ2) is 6.93. The Morgan fingerprint density at radius 3 is 1.50 bits per heavy atom. The van der Waals surface area contributed by atoms with Crippen LogP contribution in [0.15, 0.2) is 29.4 Å². The molecule has 136 valence electrons. The van der Waals surface area contributed by atoms with E-state index in [1.165, 1.54) is 28.4 Å². The smallest absolute Gasteiger partial charge is 0.161 e. The summed E-state index contributed by atoms with van der Waals surface area (Å²) in [5.41, 5.74) is 2.28. The molecule has 0 aromatic heterocycles. The summed E-state index contributed by atoms with van der Waals surface area (Å²) in [6, 6.07) is 6.82. The van der Waals surface area contributed by atoms with Gasteiger partial charge in [-0.2, -0.15) is 0 Å². The van der Waals surface area contributed by atoms with Gasteiger partial charge in [-0.1, -0.05) is 0 Å². The molecule has 0 heterocycles. The van der Waals surface area contributed by atoms with Crippen LogP contribution in [0.2, 0.25) is 0 Å². The molecule has 0 saturated heterocycles. The second-order valence-electron chi connectivity index (χ2n) is 5.43. The first-order chi connectivity index (χ1) is 12.6. The zero-order valence-corrected chi connectivity index (χ0v) is 14.7.